The minimum absolute atomic E-state index is 0.484. The molecule has 0 N–H and O–H groups in total. The van der Waals surface area contributed by atoms with Crippen LogP contribution >= 0.6 is 12.6 Å². The van der Waals surface area contributed by atoms with E-state index in [1.807, 2.05) is 30.3 Å². The van der Waals surface area contributed by atoms with Crippen LogP contribution in [0, 0.1) is 0 Å². The van der Waals surface area contributed by atoms with Gasteiger partial charge in [0.15, 0.2) is 9.84 Å². The van der Waals surface area contributed by atoms with Crippen LogP contribution in [0.5, 0.6) is 0 Å². The smallest absolute Gasteiger partial charge is 0.168 e. The van der Waals surface area contributed by atoms with Gasteiger partial charge in [-0.05, 0) is 18.9 Å². The van der Waals surface area contributed by atoms with Crippen molar-refractivity contribution in [2.24, 2.45) is 0 Å². The van der Waals surface area contributed by atoms with Crippen molar-refractivity contribution in [3.05, 3.63) is 35.9 Å². The Hall–Kier alpha value is -0.480. The minimum Gasteiger partial charge on any atom is -0.227 e. The van der Waals surface area contributed by atoms with Gasteiger partial charge in [0.1, 0.15) is 4.58 Å². The van der Waals surface area contributed by atoms with Crippen LogP contribution in [0.4, 0.5) is 0 Å². The topological polar surface area (TPSA) is 34.1 Å². The zero-order chi connectivity index (χ0) is 15.0. The van der Waals surface area contributed by atoms with Crippen LogP contribution in [0.25, 0.3) is 0 Å². The quantitative estimate of drug-likeness (QED) is 0.526. The Morgan fingerprint density at radius 1 is 1.05 bits per heavy atom. The molecule has 4 heteroatoms. The van der Waals surface area contributed by atoms with E-state index in [-0.39, 0.29) is 0 Å². The van der Waals surface area contributed by atoms with Gasteiger partial charge in [0.2, 0.25) is 0 Å². The van der Waals surface area contributed by atoms with Gasteiger partial charge < -0.3 is 0 Å². The van der Waals surface area contributed by atoms with Gasteiger partial charge in [0.05, 0.1) is 5.25 Å². The second kappa shape index (κ2) is 8.73. The van der Waals surface area contributed by atoms with Crippen molar-refractivity contribution < 1.29 is 8.42 Å². The summed E-state index contributed by atoms with van der Waals surface area (Å²) in [4.78, 5) is 0. The van der Waals surface area contributed by atoms with Gasteiger partial charge in [-0.3, -0.25) is 0 Å². The lowest BCUT2D eigenvalue weighted by Gasteiger charge is -2.18. The molecule has 0 spiro atoms. The second-order valence-corrected chi connectivity index (χ2v) is 8.73. The number of unbranched alkanes of at least 4 members (excludes halogenated alkanes) is 4. The van der Waals surface area contributed by atoms with Gasteiger partial charge in [-0.1, -0.05) is 69.4 Å². The number of sulfone groups is 1. The van der Waals surface area contributed by atoms with Gasteiger partial charge in [0.25, 0.3) is 0 Å². The Morgan fingerprint density at radius 2 is 1.65 bits per heavy atom. The Morgan fingerprint density at radius 3 is 2.25 bits per heavy atom. The van der Waals surface area contributed by atoms with Gasteiger partial charge in [-0.2, -0.15) is 12.6 Å². The second-order valence-electron chi connectivity index (χ2n) is 5.30. The molecule has 0 saturated carbocycles. The van der Waals surface area contributed by atoms with E-state index in [4.69, 9.17) is 0 Å². The summed E-state index contributed by atoms with van der Waals surface area (Å²) in [7, 11) is -3.22. The van der Waals surface area contributed by atoms with Crippen LogP contribution in [0.15, 0.2) is 30.3 Å². The molecule has 0 fully saturated rings. The maximum Gasteiger partial charge on any atom is 0.168 e. The number of hydrogen-bond acceptors (Lipinski definition) is 3. The summed E-state index contributed by atoms with van der Waals surface area (Å²) in [6, 6.07) is 9.38. The molecule has 2 atom stereocenters. The first kappa shape index (κ1) is 17.6. The number of hydrogen-bond donors (Lipinski definition) is 1. The van der Waals surface area contributed by atoms with E-state index in [1.165, 1.54) is 19.3 Å². The molecule has 2 unspecified atom stereocenters. The molecule has 2 nitrogen and oxygen atoms in total. The lowest BCUT2D eigenvalue weighted by molar-refractivity contribution is 0.570. The summed E-state index contributed by atoms with van der Waals surface area (Å²) < 4.78 is 24.4. The third-order valence-corrected chi connectivity index (χ3v) is 7.09. The van der Waals surface area contributed by atoms with Crippen LogP contribution in [0.2, 0.25) is 0 Å². The summed E-state index contributed by atoms with van der Waals surface area (Å²) in [5, 5.41) is -0.484. The fourth-order valence-corrected chi connectivity index (χ4v) is 4.47. The van der Waals surface area contributed by atoms with Crippen molar-refractivity contribution >= 4 is 22.5 Å². The van der Waals surface area contributed by atoms with Crippen LogP contribution in [-0.4, -0.2) is 13.0 Å². The van der Waals surface area contributed by atoms with Crippen LogP contribution in [-0.2, 0) is 9.84 Å². The highest BCUT2D eigenvalue weighted by atomic mass is 32.2. The number of rotatable bonds is 9. The lowest BCUT2D eigenvalue weighted by Crippen LogP contribution is -2.21. The summed E-state index contributed by atoms with van der Waals surface area (Å²) >= 11 is 4.34. The zero-order valence-electron chi connectivity index (χ0n) is 12.5. The monoisotopic (exact) mass is 314 g/mol. The van der Waals surface area contributed by atoms with Crippen molar-refractivity contribution in [1.29, 1.82) is 0 Å². The molecular weight excluding hydrogens is 288 g/mol. The maximum atomic E-state index is 12.5. The Bertz CT molecular complexity index is 469. The maximum absolute atomic E-state index is 12.5. The van der Waals surface area contributed by atoms with E-state index in [1.54, 1.807) is 6.92 Å². The zero-order valence-corrected chi connectivity index (χ0v) is 14.2. The predicted molar refractivity (Wildman–Crippen MR) is 89.9 cm³/mol. The van der Waals surface area contributed by atoms with Crippen LogP contribution in [0.3, 0.4) is 0 Å². The first-order valence-electron chi connectivity index (χ1n) is 7.46. The molecule has 0 aromatic heterocycles. The molecule has 0 aliphatic carbocycles. The Kier molecular flexibility index (Phi) is 7.67. The Balaban J connectivity index is 2.55. The number of thiol groups is 1. The van der Waals surface area contributed by atoms with Crippen molar-refractivity contribution in [2.75, 3.05) is 0 Å². The fraction of sp³-hybridized carbons (Fsp3) is 0.625. The molecule has 20 heavy (non-hydrogen) atoms. The highest BCUT2D eigenvalue weighted by Gasteiger charge is 2.29. The summed E-state index contributed by atoms with van der Waals surface area (Å²) in [5.74, 6) is 0. The predicted octanol–water partition coefficient (Wildman–Crippen LogP) is 4.78. The van der Waals surface area contributed by atoms with E-state index in [2.05, 4.69) is 19.6 Å². The molecule has 0 bridgehead atoms. The highest BCUT2D eigenvalue weighted by molar-refractivity contribution is 8.05. The van der Waals surface area contributed by atoms with Crippen molar-refractivity contribution in [2.45, 2.75) is 62.2 Å². The normalized spacial score (nSPS) is 14.9. The molecule has 0 aliphatic heterocycles. The molecule has 1 aromatic carbocycles. The van der Waals surface area contributed by atoms with E-state index in [0.29, 0.717) is 6.42 Å². The number of benzene rings is 1. The van der Waals surface area contributed by atoms with Crippen LogP contribution < -0.4 is 0 Å². The summed E-state index contributed by atoms with van der Waals surface area (Å²) in [5.41, 5.74) is 0.845. The van der Waals surface area contributed by atoms with Crippen molar-refractivity contribution in [3.8, 4) is 0 Å². The molecule has 0 saturated heterocycles. The van der Waals surface area contributed by atoms with E-state index >= 15 is 0 Å². The molecule has 1 rings (SSSR count). The molecule has 1 aromatic rings. The molecule has 114 valence electrons. The molecule has 0 heterocycles. The SMILES string of the molecule is CCCCCCCC(S)S(=O)(=O)C(C)c1ccccc1. The average Bonchev–Trinajstić information content (AvgIpc) is 2.46. The van der Waals surface area contributed by atoms with Gasteiger partial charge in [-0.25, -0.2) is 8.42 Å². The standard InChI is InChI=1S/C16H26O2S2/c1-3-4-5-6-10-13-16(19)20(17,18)14(2)15-11-8-7-9-12-15/h7-9,11-12,14,16,19H,3-6,10,13H2,1-2H3. The lowest BCUT2D eigenvalue weighted by atomic mass is 10.1. The third kappa shape index (κ3) is 5.13. The first-order chi connectivity index (χ1) is 9.50. The Labute approximate surface area is 129 Å². The van der Waals surface area contributed by atoms with Gasteiger partial charge >= 0.3 is 0 Å². The third-order valence-electron chi connectivity index (χ3n) is 3.70. The van der Waals surface area contributed by atoms with E-state index < -0.39 is 19.7 Å². The molecule has 0 amide bonds. The van der Waals surface area contributed by atoms with Crippen LogP contribution in [0.1, 0.15) is 63.2 Å². The summed E-state index contributed by atoms with van der Waals surface area (Å²) in [6.07, 6.45) is 6.30. The van der Waals surface area contributed by atoms with Gasteiger partial charge in [0, 0.05) is 0 Å². The van der Waals surface area contributed by atoms with Crippen molar-refractivity contribution in [1.82, 2.24) is 0 Å². The molecular formula is C16H26O2S2. The summed E-state index contributed by atoms with van der Waals surface area (Å²) in [6.45, 7) is 3.93. The van der Waals surface area contributed by atoms with Crippen molar-refractivity contribution in [3.63, 3.8) is 0 Å². The molecule has 0 radical (unpaired) electrons. The first-order valence-corrected chi connectivity index (χ1v) is 9.58. The van der Waals surface area contributed by atoms with Gasteiger partial charge in [-0.15, -0.1) is 0 Å². The van der Waals surface area contributed by atoms with E-state index in [0.717, 1.165) is 18.4 Å². The largest absolute Gasteiger partial charge is 0.227 e. The molecule has 0 aliphatic rings. The minimum atomic E-state index is -3.22. The average molecular weight is 315 g/mol. The van der Waals surface area contributed by atoms with E-state index in [9.17, 15) is 8.42 Å². The fourth-order valence-electron chi connectivity index (χ4n) is 2.24. The highest BCUT2D eigenvalue weighted by Crippen LogP contribution is 2.29.